The highest BCUT2D eigenvalue weighted by atomic mass is 16.5. The highest BCUT2D eigenvalue weighted by Gasteiger charge is 2.27. The molecule has 3 heterocycles. The van der Waals surface area contributed by atoms with Crippen LogP contribution in [0.4, 0.5) is 5.95 Å². The maximum absolute atomic E-state index is 11.9. The molecule has 7 heteroatoms. The topological polar surface area (TPSA) is 78.3 Å². The Morgan fingerprint density at radius 2 is 2.25 bits per heavy atom. The molecule has 1 N–H and O–H groups in total. The Morgan fingerprint density at radius 3 is 2.96 bits per heavy atom. The summed E-state index contributed by atoms with van der Waals surface area (Å²) in [6.45, 7) is 6.81. The summed E-state index contributed by atoms with van der Waals surface area (Å²) in [6, 6.07) is 1.63. The van der Waals surface area contributed by atoms with Crippen molar-refractivity contribution in [1.29, 1.82) is 0 Å². The van der Waals surface area contributed by atoms with Crippen molar-refractivity contribution in [3.63, 3.8) is 0 Å². The van der Waals surface area contributed by atoms with Gasteiger partial charge >= 0.3 is 0 Å². The molecule has 1 unspecified atom stereocenters. The van der Waals surface area contributed by atoms with Crippen LogP contribution in [0.15, 0.2) is 15.4 Å². The molecule has 0 saturated carbocycles. The van der Waals surface area contributed by atoms with Gasteiger partial charge in [-0.25, -0.2) is 4.98 Å². The molecular formula is C17H25N5O2. The number of H-pyrrole nitrogens is 1. The summed E-state index contributed by atoms with van der Waals surface area (Å²) in [5.74, 6) is 1.87. The van der Waals surface area contributed by atoms with Gasteiger partial charge in [-0.1, -0.05) is 12.1 Å². The Labute approximate surface area is 141 Å². The molecule has 2 aromatic rings. The number of aromatic nitrogens is 3. The summed E-state index contributed by atoms with van der Waals surface area (Å²) in [6.07, 6.45) is 1.87. The van der Waals surface area contributed by atoms with Gasteiger partial charge in [-0.2, -0.15) is 0 Å². The Hall–Kier alpha value is -2.15. The minimum Gasteiger partial charge on any atom is -0.361 e. The van der Waals surface area contributed by atoms with Crippen molar-refractivity contribution in [3.8, 4) is 0 Å². The third-order valence-corrected chi connectivity index (χ3v) is 4.63. The Kier molecular flexibility index (Phi) is 4.71. The third kappa shape index (κ3) is 3.36. The molecule has 2 aromatic heterocycles. The van der Waals surface area contributed by atoms with Gasteiger partial charge in [0, 0.05) is 51.2 Å². The van der Waals surface area contributed by atoms with Crippen molar-refractivity contribution in [2.45, 2.75) is 39.2 Å². The highest BCUT2D eigenvalue weighted by Crippen LogP contribution is 2.28. The van der Waals surface area contributed by atoms with E-state index in [4.69, 9.17) is 4.52 Å². The average Bonchev–Trinajstić information content (AvgIpc) is 3.15. The van der Waals surface area contributed by atoms with Crippen molar-refractivity contribution >= 4 is 5.95 Å². The molecule has 130 valence electrons. The van der Waals surface area contributed by atoms with Gasteiger partial charge in [-0.05, 0) is 19.9 Å². The Balaban J connectivity index is 1.74. The summed E-state index contributed by atoms with van der Waals surface area (Å²) >= 11 is 0. The fraction of sp³-hybridized carbons (Fsp3) is 0.588. The predicted octanol–water partition coefficient (Wildman–Crippen LogP) is 1.68. The van der Waals surface area contributed by atoms with Crippen molar-refractivity contribution < 1.29 is 4.52 Å². The number of nitrogens with zero attached hydrogens (tertiary/aromatic N) is 4. The van der Waals surface area contributed by atoms with E-state index >= 15 is 0 Å². The quantitative estimate of drug-likeness (QED) is 0.898. The van der Waals surface area contributed by atoms with Crippen LogP contribution in [0, 0.1) is 6.92 Å². The van der Waals surface area contributed by atoms with Crippen LogP contribution in [0.25, 0.3) is 0 Å². The van der Waals surface area contributed by atoms with Crippen LogP contribution in [0.3, 0.4) is 0 Å². The normalized spacial score (nSPS) is 18.2. The summed E-state index contributed by atoms with van der Waals surface area (Å²) in [7, 11) is 3.76. The first-order valence-corrected chi connectivity index (χ1v) is 8.43. The lowest BCUT2D eigenvalue weighted by atomic mass is 10.0. The van der Waals surface area contributed by atoms with Gasteiger partial charge in [-0.15, -0.1) is 0 Å². The lowest BCUT2D eigenvalue weighted by Crippen LogP contribution is -2.23. The van der Waals surface area contributed by atoms with Crippen LogP contribution in [-0.2, 0) is 13.0 Å². The van der Waals surface area contributed by atoms with E-state index in [1.165, 1.54) is 5.56 Å². The Bertz CT molecular complexity index is 765. The number of anilines is 1. The van der Waals surface area contributed by atoms with Gasteiger partial charge in [0.1, 0.15) is 5.76 Å². The molecule has 7 nitrogen and oxygen atoms in total. The minimum absolute atomic E-state index is 0.0923. The number of hydrogen-bond acceptors (Lipinski definition) is 6. The second-order valence-electron chi connectivity index (χ2n) is 6.63. The van der Waals surface area contributed by atoms with Crippen molar-refractivity contribution in [3.05, 3.63) is 39.1 Å². The molecule has 1 aliphatic heterocycles. The molecule has 1 atom stereocenters. The lowest BCUT2D eigenvalue weighted by molar-refractivity contribution is 0.320. The molecule has 3 rings (SSSR count). The molecular weight excluding hydrogens is 306 g/mol. The smallest absolute Gasteiger partial charge is 0.252 e. The van der Waals surface area contributed by atoms with Crippen molar-refractivity contribution in [2.75, 3.05) is 32.1 Å². The SMILES string of the molecule is CCc1onc(C)c1CN1CCC(c2cc(=O)[nH]c(N(C)C)n2)C1. The van der Waals surface area contributed by atoms with Gasteiger partial charge in [0.2, 0.25) is 5.95 Å². The average molecular weight is 331 g/mol. The van der Waals surface area contributed by atoms with E-state index in [2.05, 4.69) is 26.9 Å². The molecule has 0 amide bonds. The van der Waals surface area contributed by atoms with Gasteiger partial charge in [0.05, 0.1) is 11.4 Å². The summed E-state index contributed by atoms with van der Waals surface area (Å²) in [5.41, 5.74) is 2.96. The van der Waals surface area contributed by atoms with Gasteiger partial charge in [0.15, 0.2) is 0 Å². The first kappa shape index (κ1) is 16.7. The molecule has 0 bridgehead atoms. The second kappa shape index (κ2) is 6.76. The molecule has 0 aliphatic carbocycles. The van der Waals surface area contributed by atoms with E-state index in [1.54, 1.807) is 6.07 Å². The molecule has 1 fully saturated rings. The molecule has 0 spiro atoms. The van der Waals surface area contributed by atoms with E-state index in [-0.39, 0.29) is 11.5 Å². The number of likely N-dealkylation sites (tertiary alicyclic amines) is 1. The first-order valence-electron chi connectivity index (χ1n) is 8.43. The Morgan fingerprint density at radius 1 is 1.46 bits per heavy atom. The zero-order valence-electron chi connectivity index (χ0n) is 14.8. The second-order valence-corrected chi connectivity index (χ2v) is 6.63. The lowest BCUT2D eigenvalue weighted by Gasteiger charge is -2.17. The zero-order valence-corrected chi connectivity index (χ0v) is 14.8. The van der Waals surface area contributed by atoms with Crippen LogP contribution in [0.1, 0.15) is 42.0 Å². The minimum atomic E-state index is -0.0923. The number of hydrogen-bond donors (Lipinski definition) is 1. The number of aryl methyl sites for hydroxylation is 2. The molecule has 24 heavy (non-hydrogen) atoms. The molecule has 0 aromatic carbocycles. The molecule has 0 radical (unpaired) electrons. The fourth-order valence-corrected chi connectivity index (χ4v) is 3.24. The van der Waals surface area contributed by atoms with Crippen molar-refractivity contribution in [1.82, 2.24) is 20.0 Å². The van der Waals surface area contributed by atoms with Gasteiger partial charge < -0.3 is 9.42 Å². The number of aromatic amines is 1. The maximum Gasteiger partial charge on any atom is 0.252 e. The van der Waals surface area contributed by atoms with E-state index < -0.39 is 0 Å². The highest BCUT2D eigenvalue weighted by molar-refractivity contribution is 5.29. The molecule has 1 saturated heterocycles. The van der Waals surface area contributed by atoms with Crippen LogP contribution in [-0.4, -0.2) is 47.2 Å². The predicted molar refractivity (Wildman–Crippen MR) is 92.4 cm³/mol. The van der Waals surface area contributed by atoms with Gasteiger partial charge in [-0.3, -0.25) is 14.7 Å². The summed E-state index contributed by atoms with van der Waals surface area (Å²) in [5, 5.41) is 4.08. The fourth-order valence-electron chi connectivity index (χ4n) is 3.24. The van der Waals surface area contributed by atoms with Crippen molar-refractivity contribution in [2.24, 2.45) is 0 Å². The van der Waals surface area contributed by atoms with Gasteiger partial charge in [0.25, 0.3) is 5.56 Å². The third-order valence-electron chi connectivity index (χ3n) is 4.63. The molecule has 1 aliphatic rings. The van der Waals surface area contributed by atoms with Crippen LogP contribution in [0.2, 0.25) is 0 Å². The number of nitrogens with one attached hydrogen (secondary N) is 1. The van der Waals surface area contributed by atoms with E-state index in [0.29, 0.717) is 5.95 Å². The van der Waals surface area contributed by atoms with Crippen LogP contribution >= 0.6 is 0 Å². The van der Waals surface area contributed by atoms with E-state index in [0.717, 1.165) is 49.6 Å². The monoisotopic (exact) mass is 331 g/mol. The number of rotatable bonds is 5. The maximum atomic E-state index is 11.9. The zero-order chi connectivity index (χ0) is 17.3. The summed E-state index contributed by atoms with van der Waals surface area (Å²) < 4.78 is 5.38. The summed E-state index contributed by atoms with van der Waals surface area (Å²) in [4.78, 5) is 23.5. The van der Waals surface area contributed by atoms with E-state index in [1.807, 2.05) is 25.9 Å². The standard InChI is InChI=1S/C17H25N5O2/c1-5-15-13(11(2)20-24-15)10-22-7-6-12(9-22)14-8-16(23)19-17(18-14)21(3)4/h8,12H,5-7,9-10H2,1-4H3,(H,18,19,23). The van der Waals surface area contributed by atoms with Crippen LogP contribution in [0.5, 0.6) is 0 Å². The van der Waals surface area contributed by atoms with E-state index in [9.17, 15) is 4.79 Å². The largest absolute Gasteiger partial charge is 0.361 e. The first-order chi connectivity index (χ1) is 11.5. The van der Waals surface area contributed by atoms with Crippen LogP contribution < -0.4 is 10.5 Å².